The Bertz CT molecular complexity index is 320. The molecular formula is C13H17FO. The van der Waals surface area contributed by atoms with Gasteiger partial charge in [-0.15, -0.1) is 6.58 Å². The maximum absolute atomic E-state index is 13.0. The number of hydrogen-bond acceptors (Lipinski definition) is 1. The molecule has 0 aromatic heterocycles. The Morgan fingerprint density at radius 1 is 1.47 bits per heavy atom. The van der Waals surface area contributed by atoms with Gasteiger partial charge in [0.05, 0.1) is 6.61 Å². The third kappa shape index (κ3) is 3.74. The minimum atomic E-state index is -0.210. The van der Waals surface area contributed by atoms with E-state index in [1.165, 1.54) is 12.1 Å². The second-order valence-corrected chi connectivity index (χ2v) is 3.43. The standard InChI is InChI=1S/C13H17FO/c1-3-5-6-11-10-12(14)7-8-13(11)15-9-4-2/h3,7-8,10H,1,4-6,9H2,2H3. The number of rotatable bonds is 6. The van der Waals surface area contributed by atoms with Crippen LogP contribution in [0.25, 0.3) is 0 Å². The summed E-state index contributed by atoms with van der Waals surface area (Å²) in [4.78, 5) is 0. The molecule has 0 aliphatic carbocycles. The summed E-state index contributed by atoms with van der Waals surface area (Å²) in [6.07, 6.45) is 4.40. The lowest BCUT2D eigenvalue weighted by Gasteiger charge is -2.10. The van der Waals surface area contributed by atoms with Gasteiger partial charge >= 0.3 is 0 Å². The van der Waals surface area contributed by atoms with Crippen LogP contribution in [-0.4, -0.2) is 6.61 Å². The van der Waals surface area contributed by atoms with Crippen molar-refractivity contribution in [2.75, 3.05) is 6.61 Å². The molecule has 0 spiro atoms. The summed E-state index contributed by atoms with van der Waals surface area (Å²) in [5.74, 6) is 0.581. The van der Waals surface area contributed by atoms with Gasteiger partial charge < -0.3 is 4.74 Å². The van der Waals surface area contributed by atoms with Gasteiger partial charge in [-0.3, -0.25) is 0 Å². The summed E-state index contributed by atoms with van der Waals surface area (Å²) in [6, 6.07) is 4.67. The number of aryl methyl sites for hydroxylation is 1. The summed E-state index contributed by atoms with van der Waals surface area (Å²) in [5, 5.41) is 0. The van der Waals surface area contributed by atoms with E-state index in [0.717, 1.165) is 30.6 Å². The van der Waals surface area contributed by atoms with Gasteiger partial charge in [-0.25, -0.2) is 4.39 Å². The molecule has 0 atom stereocenters. The van der Waals surface area contributed by atoms with Crippen LogP contribution in [0.2, 0.25) is 0 Å². The molecule has 0 unspecified atom stereocenters. The molecule has 1 nitrogen and oxygen atoms in total. The van der Waals surface area contributed by atoms with Crippen LogP contribution in [0.1, 0.15) is 25.3 Å². The SMILES string of the molecule is C=CCCc1cc(F)ccc1OCCC. The predicted molar refractivity (Wildman–Crippen MR) is 60.7 cm³/mol. The first-order valence-electron chi connectivity index (χ1n) is 5.30. The van der Waals surface area contributed by atoms with Crippen LogP contribution in [0.3, 0.4) is 0 Å². The Balaban J connectivity index is 2.77. The average Bonchev–Trinajstić information content (AvgIpc) is 2.25. The van der Waals surface area contributed by atoms with Crippen molar-refractivity contribution in [1.29, 1.82) is 0 Å². The van der Waals surface area contributed by atoms with E-state index in [0.29, 0.717) is 6.61 Å². The molecule has 2 heteroatoms. The molecule has 0 amide bonds. The van der Waals surface area contributed by atoms with Gasteiger partial charge in [0.2, 0.25) is 0 Å². The van der Waals surface area contributed by atoms with Gasteiger partial charge in [-0.2, -0.15) is 0 Å². The fraction of sp³-hybridized carbons (Fsp3) is 0.385. The van der Waals surface area contributed by atoms with Crippen LogP contribution < -0.4 is 4.74 Å². The van der Waals surface area contributed by atoms with Gasteiger partial charge in [-0.1, -0.05) is 13.0 Å². The molecular weight excluding hydrogens is 191 g/mol. The van der Waals surface area contributed by atoms with Gasteiger partial charge in [-0.05, 0) is 43.0 Å². The van der Waals surface area contributed by atoms with E-state index in [4.69, 9.17) is 4.74 Å². The van der Waals surface area contributed by atoms with E-state index < -0.39 is 0 Å². The molecule has 0 aliphatic rings. The molecule has 0 heterocycles. The maximum atomic E-state index is 13.0. The van der Waals surface area contributed by atoms with Crippen LogP contribution in [0, 0.1) is 5.82 Å². The van der Waals surface area contributed by atoms with Crippen LogP contribution in [-0.2, 0) is 6.42 Å². The zero-order valence-electron chi connectivity index (χ0n) is 9.13. The van der Waals surface area contributed by atoms with Crippen molar-refractivity contribution in [2.45, 2.75) is 26.2 Å². The van der Waals surface area contributed by atoms with E-state index in [2.05, 4.69) is 6.58 Å². The number of benzene rings is 1. The van der Waals surface area contributed by atoms with E-state index >= 15 is 0 Å². The number of allylic oxidation sites excluding steroid dienone is 1. The lowest BCUT2D eigenvalue weighted by molar-refractivity contribution is 0.313. The summed E-state index contributed by atoms with van der Waals surface area (Å²) in [5.41, 5.74) is 0.920. The fourth-order valence-electron chi connectivity index (χ4n) is 1.35. The highest BCUT2D eigenvalue weighted by atomic mass is 19.1. The first kappa shape index (κ1) is 11.8. The molecule has 0 bridgehead atoms. The molecule has 0 aliphatic heterocycles. The molecule has 0 saturated heterocycles. The summed E-state index contributed by atoms with van der Waals surface area (Å²) < 4.78 is 18.6. The van der Waals surface area contributed by atoms with Crippen molar-refractivity contribution >= 4 is 0 Å². The van der Waals surface area contributed by atoms with Crippen LogP contribution in [0.5, 0.6) is 5.75 Å². The minimum Gasteiger partial charge on any atom is -0.493 e. The highest BCUT2D eigenvalue weighted by Gasteiger charge is 2.04. The van der Waals surface area contributed by atoms with Crippen LogP contribution >= 0.6 is 0 Å². The largest absolute Gasteiger partial charge is 0.493 e. The Labute approximate surface area is 90.6 Å². The third-order valence-electron chi connectivity index (χ3n) is 2.10. The van der Waals surface area contributed by atoms with E-state index in [-0.39, 0.29) is 5.82 Å². The van der Waals surface area contributed by atoms with Crippen molar-refractivity contribution in [2.24, 2.45) is 0 Å². The molecule has 0 saturated carbocycles. The minimum absolute atomic E-state index is 0.210. The van der Waals surface area contributed by atoms with Gasteiger partial charge in [0.1, 0.15) is 11.6 Å². The number of halogens is 1. The zero-order chi connectivity index (χ0) is 11.1. The zero-order valence-corrected chi connectivity index (χ0v) is 9.13. The fourth-order valence-corrected chi connectivity index (χ4v) is 1.35. The Kier molecular flexibility index (Phi) is 4.88. The third-order valence-corrected chi connectivity index (χ3v) is 2.10. The quantitative estimate of drug-likeness (QED) is 0.647. The molecule has 15 heavy (non-hydrogen) atoms. The second kappa shape index (κ2) is 6.23. The summed E-state index contributed by atoms with van der Waals surface area (Å²) >= 11 is 0. The Morgan fingerprint density at radius 3 is 2.93 bits per heavy atom. The predicted octanol–water partition coefficient (Wildman–Crippen LogP) is 3.73. The van der Waals surface area contributed by atoms with E-state index in [9.17, 15) is 4.39 Å². The van der Waals surface area contributed by atoms with Crippen molar-refractivity contribution in [3.8, 4) is 5.75 Å². The van der Waals surface area contributed by atoms with Crippen molar-refractivity contribution in [1.82, 2.24) is 0 Å². The molecule has 82 valence electrons. The Hall–Kier alpha value is -1.31. The second-order valence-electron chi connectivity index (χ2n) is 3.43. The molecule has 0 fully saturated rings. The van der Waals surface area contributed by atoms with Crippen LogP contribution in [0.15, 0.2) is 30.9 Å². The molecule has 1 aromatic rings. The topological polar surface area (TPSA) is 9.23 Å². The van der Waals surface area contributed by atoms with E-state index in [1.807, 2.05) is 13.0 Å². The van der Waals surface area contributed by atoms with Gasteiger partial charge in [0.15, 0.2) is 0 Å². The summed E-state index contributed by atoms with van der Waals surface area (Å²) in [7, 11) is 0. The molecule has 1 rings (SSSR count). The smallest absolute Gasteiger partial charge is 0.123 e. The van der Waals surface area contributed by atoms with Crippen molar-refractivity contribution in [3.63, 3.8) is 0 Å². The number of ether oxygens (including phenoxy) is 1. The van der Waals surface area contributed by atoms with Gasteiger partial charge in [0, 0.05) is 0 Å². The Morgan fingerprint density at radius 2 is 2.27 bits per heavy atom. The monoisotopic (exact) mass is 208 g/mol. The molecule has 0 radical (unpaired) electrons. The average molecular weight is 208 g/mol. The maximum Gasteiger partial charge on any atom is 0.123 e. The van der Waals surface area contributed by atoms with E-state index in [1.54, 1.807) is 6.07 Å². The van der Waals surface area contributed by atoms with Crippen LogP contribution in [0.4, 0.5) is 4.39 Å². The lowest BCUT2D eigenvalue weighted by atomic mass is 10.1. The van der Waals surface area contributed by atoms with Crippen molar-refractivity contribution in [3.05, 3.63) is 42.2 Å². The number of hydrogen-bond donors (Lipinski definition) is 0. The molecule has 0 N–H and O–H groups in total. The van der Waals surface area contributed by atoms with Gasteiger partial charge in [0.25, 0.3) is 0 Å². The van der Waals surface area contributed by atoms with Crippen molar-refractivity contribution < 1.29 is 9.13 Å². The first-order valence-corrected chi connectivity index (χ1v) is 5.30. The highest BCUT2D eigenvalue weighted by Crippen LogP contribution is 2.21. The first-order chi connectivity index (χ1) is 7.27. The molecule has 1 aromatic carbocycles. The summed E-state index contributed by atoms with van der Waals surface area (Å²) in [6.45, 7) is 6.38. The normalized spacial score (nSPS) is 10.0. The lowest BCUT2D eigenvalue weighted by Crippen LogP contribution is -1.99. The highest BCUT2D eigenvalue weighted by molar-refractivity contribution is 5.34.